The molecule has 0 unspecified atom stereocenters. The summed E-state index contributed by atoms with van der Waals surface area (Å²) in [6.07, 6.45) is -1.33. The summed E-state index contributed by atoms with van der Waals surface area (Å²) >= 11 is 0. The Balaban J connectivity index is 0.00000342. The predicted molar refractivity (Wildman–Crippen MR) is 126 cm³/mol. The zero-order chi connectivity index (χ0) is 24.7. The molecule has 2 heterocycles. The lowest BCUT2D eigenvalue weighted by molar-refractivity contribution is -0.137. The van der Waals surface area contributed by atoms with Crippen molar-refractivity contribution in [3.8, 4) is 5.69 Å². The molecule has 188 valence electrons. The minimum absolute atomic E-state index is 0. The third-order valence-corrected chi connectivity index (χ3v) is 9.01. The van der Waals surface area contributed by atoms with E-state index in [1.807, 2.05) is 0 Å². The van der Waals surface area contributed by atoms with Crippen LogP contribution in [0.2, 0.25) is 0 Å². The number of anilines is 1. The van der Waals surface area contributed by atoms with E-state index in [9.17, 15) is 26.4 Å². The van der Waals surface area contributed by atoms with Gasteiger partial charge in [-0.05, 0) is 68.7 Å². The van der Waals surface area contributed by atoms with Crippen LogP contribution in [-0.4, -0.2) is 40.4 Å². The van der Waals surface area contributed by atoms with E-state index >= 15 is 0 Å². The van der Waals surface area contributed by atoms with E-state index in [0.717, 1.165) is 17.8 Å². The molecular weight excluding hydrogens is 481 g/mol. The Morgan fingerprint density at radius 1 is 1.03 bits per heavy atom. The fourth-order valence-corrected chi connectivity index (χ4v) is 5.98. The largest absolute Gasteiger partial charge is 0.416 e. The molecule has 0 N–H and O–H groups in total. The minimum atomic E-state index is -4.65. The summed E-state index contributed by atoms with van der Waals surface area (Å²) in [4.78, 5) is 18.1. The second-order valence-corrected chi connectivity index (χ2v) is 11.3. The minimum Gasteiger partial charge on any atom is -0.312 e. The molecule has 7 nitrogen and oxygen atoms in total. The Morgan fingerprint density at radius 2 is 1.69 bits per heavy atom. The molecule has 0 aliphatic carbocycles. The first-order valence-electron chi connectivity index (χ1n) is 10.6. The smallest absolute Gasteiger partial charge is 0.312 e. The van der Waals surface area contributed by atoms with Crippen LogP contribution in [0, 0.1) is 5.92 Å². The topological polar surface area (TPSA) is 85.2 Å². The van der Waals surface area contributed by atoms with Crippen molar-refractivity contribution in [1.29, 1.82) is 0 Å². The van der Waals surface area contributed by atoms with Gasteiger partial charge in [-0.25, -0.2) is 18.1 Å². The van der Waals surface area contributed by atoms with Crippen LogP contribution in [0.1, 0.15) is 39.7 Å². The summed E-state index contributed by atoms with van der Waals surface area (Å²) in [6.45, 7) is 3.25. The summed E-state index contributed by atoms with van der Waals surface area (Å²) in [5.41, 5.74) is 0.423. The average molecular weight is 509 g/mol. The number of sulfone groups is 1. The SMILES string of the molecule is C.CC(C)([C@H]1CCN(c2ccc(-n3cncn3)cc2)C(=O)C1)S(=O)(=O)c1cccc(C(F)(F)F)c1. The number of nitrogens with zero attached hydrogens (tertiary/aromatic N) is 4. The first-order valence-corrected chi connectivity index (χ1v) is 12.1. The number of aromatic nitrogens is 3. The summed E-state index contributed by atoms with van der Waals surface area (Å²) in [5, 5.41) is 4.05. The highest BCUT2D eigenvalue weighted by Crippen LogP contribution is 2.40. The molecule has 1 aromatic heterocycles. The normalized spacial score (nSPS) is 17.2. The number of hydrogen-bond acceptors (Lipinski definition) is 5. The maximum Gasteiger partial charge on any atom is 0.416 e. The molecule has 11 heteroatoms. The lowest BCUT2D eigenvalue weighted by atomic mass is 9.85. The van der Waals surface area contributed by atoms with Gasteiger partial charge in [0.25, 0.3) is 0 Å². The molecule has 0 spiro atoms. The number of alkyl halides is 3. The van der Waals surface area contributed by atoms with Crippen LogP contribution in [0.15, 0.2) is 66.1 Å². The molecule has 35 heavy (non-hydrogen) atoms. The standard InChI is InChI=1S/C23H23F3N4O3S.CH4/c1-22(2,34(32,33)20-5-3-4-17(12-20)23(24,25)26)16-10-11-29(21(31)13-16)18-6-8-19(9-7-18)30-15-27-14-28-30;/h3-9,12,14-16H,10-11,13H2,1-2H3;1H4/t16-;/m0./s1. The van der Waals surface area contributed by atoms with Crippen LogP contribution in [0.5, 0.6) is 0 Å². The van der Waals surface area contributed by atoms with Crippen molar-refractivity contribution < 1.29 is 26.4 Å². The highest BCUT2D eigenvalue weighted by Gasteiger charge is 2.46. The molecule has 0 bridgehead atoms. The van der Waals surface area contributed by atoms with Crippen LogP contribution < -0.4 is 4.90 Å². The summed E-state index contributed by atoms with van der Waals surface area (Å²) in [6, 6.07) is 10.9. The van der Waals surface area contributed by atoms with E-state index in [-0.39, 0.29) is 19.8 Å². The van der Waals surface area contributed by atoms with Crippen molar-refractivity contribution in [3.63, 3.8) is 0 Å². The fraction of sp³-hybridized carbons (Fsp3) is 0.375. The number of rotatable bonds is 5. The van der Waals surface area contributed by atoms with Crippen molar-refractivity contribution in [3.05, 3.63) is 66.7 Å². The molecule has 4 rings (SSSR count). The Labute approximate surface area is 202 Å². The number of benzene rings is 2. The van der Waals surface area contributed by atoms with Gasteiger partial charge in [0.1, 0.15) is 12.7 Å². The summed E-state index contributed by atoms with van der Waals surface area (Å²) in [5.74, 6) is -0.790. The molecule has 1 aliphatic heterocycles. The Bertz CT molecular complexity index is 1290. The van der Waals surface area contributed by atoms with E-state index in [4.69, 9.17) is 0 Å². The van der Waals surface area contributed by atoms with E-state index in [2.05, 4.69) is 10.1 Å². The quantitative estimate of drug-likeness (QED) is 0.489. The predicted octanol–water partition coefficient (Wildman–Crippen LogP) is 4.92. The van der Waals surface area contributed by atoms with Crippen LogP contribution in [0.25, 0.3) is 5.69 Å². The lowest BCUT2D eigenvalue weighted by Crippen LogP contribution is -2.48. The van der Waals surface area contributed by atoms with Gasteiger partial charge in [0, 0.05) is 18.7 Å². The van der Waals surface area contributed by atoms with Gasteiger partial charge in [-0.1, -0.05) is 13.5 Å². The molecule has 1 aliphatic rings. The number of halogens is 3. The average Bonchev–Trinajstić information content (AvgIpc) is 3.33. The second kappa shape index (κ2) is 9.44. The molecule has 1 fully saturated rings. The van der Waals surface area contributed by atoms with Gasteiger partial charge < -0.3 is 4.90 Å². The molecule has 1 amide bonds. The van der Waals surface area contributed by atoms with Gasteiger partial charge in [-0.15, -0.1) is 0 Å². The maximum atomic E-state index is 13.3. The van der Waals surface area contributed by atoms with Gasteiger partial charge in [0.15, 0.2) is 9.84 Å². The van der Waals surface area contributed by atoms with Crippen molar-refractivity contribution in [2.75, 3.05) is 11.4 Å². The van der Waals surface area contributed by atoms with E-state index in [1.165, 1.54) is 26.2 Å². The highest BCUT2D eigenvalue weighted by molar-refractivity contribution is 7.92. The van der Waals surface area contributed by atoms with E-state index in [0.29, 0.717) is 24.7 Å². The molecule has 0 radical (unpaired) electrons. The number of hydrogen-bond donors (Lipinski definition) is 0. The first kappa shape index (κ1) is 26.4. The van der Waals surface area contributed by atoms with E-state index < -0.39 is 37.1 Å². The van der Waals surface area contributed by atoms with Gasteiger partial charge in [-0.2, -0.15) is 18.3 Å². The Hall–Kier alpha value is -3.21. The first-order chi connectivity index (χ1) is 15.9. The third kappa shape index (κ3) is 4.95. The van der Waals surface area contributed by atoms with Crippen molar-refractivity contribution >= 4 is 21.4 Å². The number of piperidine rings is 1. The molecule has 1 saturated heterocycles. The van der Waals surface area contributed by atoms with Gasteiger partial charge >= 0.3 is 6.18 Å². The van der Waals surface area contributed by atoms with Crippen molar-refractivity contribution in [1.82, 2.24) is 14.8 Å². The van der Waals surface area contributed by atoms with Crippen LogP contribution in [0.4, 0.5) is 18.9 Å². The zero-order valence-electron chi connectivity index (χ0n) is 18.5. The molecule has 3 aromatic rings. The third-order valence-electron chi connectivity index (χ3n) is 6.42. The molecule has 1 atom stereocenters. The molecular formula is C24H27F3N4O3S. The summed E-state index contributed by atoms with van der Waals surface area (Å²) in [7, 11) is -4.14. The number of carbonyl (C=O) groups is 1. The van der Waals surface area contributed by atoms with Gasteiger partial charge in [0.05, 0.1) is 20.9 Å². The second-order valence-electron chi connectivity index (χ2n) is 8.72. The Kier molecular flexibility index (Phi) is 7.12. The molecule has 0 saturated carbocycles. The van der Waals surface area contributed by atoms with Crippen molar-refractivity contribution in [2.45, 2.75) is 49.9 Å². The monoisotopic (exact) mass is 508 g/mol. The van der Waals surface area contributed by atoms with Gasteiger partial charge in [0.2, 0.25) is 5.91 Å². The van der Waals surface area contributed by atoms with Gasteiger partial charge in [-0.3, -0.25) is 4.79 Å². The number of amides is 1. The van der Waals surface area contributed by atoms with Crippen LogP contribution in [0.3, 0.4) is 0 Å². The fourth-order valence-electron chi connectivity index (χ4n) is 4.19. The molecule has 2 aromatic carbocycles. The lowest BCUT2D eigenvalue weighted by Gasteiger charge is -2.39. The zero-order valence-corrected chi connectivity index (χ0v) is 19.3. The van der Waals surface area contributed by atoms with Crippen LogP contribution in [-0.2, 0) is 20.8 Å². The van der Waals surface area contributed by atoms with E-state index in [1.54, 1.807) is 40.2 Å². The Morgan fingerprint density at radius 3 is 2.26 bits per heavy atom. The van der Waals surface area contributed by atoms with Crippen LogP contribution >= 0.6 is 0 Å². The van der Waals surface area contributed by atoms with Crippen molar-refractivity contribution in [2.24, 2.45) is 5.92 Å². The highest BCUT2D eigenvalue weighted by atomic mass is 32.2. The summed E-state index contributed by atoms with van der Waals surface area (Å²) < 4.78 is 66.2. The maximum absolute atomic E-state index is 13.3. The number of carbonyl (C=O) groups excluding carboxylic acids is 1.